The van der Waals surface area contributed by atoms with Crippen molar-refractivity contribution >= 4 is 17.9 Å². The summed E-state index contributed by atoms with van der Waals surface area (Å²) >= 11 is 0. The number of carboxylic acids is 1. The SMILES string of the molecule is CC/C=C/C=C/C=C/C=C/CCCCCC(=O)OCC(COCCC(C(=O)[O-])[N+](C)(C)C)OC(=O)CCCCCCCCCCCCCCCC. The molecule has 0 aromatic rings. The van der Waals surface area contributed by atoms with Crippen LogP contribution in [0.1, 0.15) is 155 Å². The number of rotatable bonds is 35. The van der Waals surface area contributed by atoms with Gasteiger partial charge in [-0.1, -0.05) is 152 Å². The van der Waals surface area contributed by atoms with E-state index >= 15 is 0 Å². The molecular weight excluding hydrogens is 642 g/mol. The lowest BCUT2D eigenvalue weighted by atomic mass is 10.0. The lowest BCUT2D eigenvalue weighted by Crippen LogP contribution is -2.55. The molecule has 0 saturated heterocycles. The molecule has 51 heavy (non-hydrogen) atoms. The van der Waals surface area contributed by atoms with Crippen molar-refractivity contribution in [3.63, 3.8) is 0 Å². The second-order valence-corrected chi connectivity index (χ2v) is 14.6. The highest BCUT2D eigenvalue weighted by molar-refractivity contribution is 5.70. The van der Waals surface area contributed by atoms with E-state index in [-0.39, 0.29) is 42.7 Å². The first-order valence-electron chi connectivity index (χ1n) is 20.2. The molecule has 0 bridgehead atoms. The van der Waals surface area contributed by atoms with Crippen molar-refractivity contribution in [2.45, 2.75) is 167 Å². The van der Waals surface area contributed by atoms with Gasteiger partial charge in [0, 0.05) is 19.3 Å². The fraction of sp³-hybridized carbons (Fsp3) is 0.744. The number of nitrogens with zero attached hydrogens (tertiary/aromatic N) is 1. The molecule has 2 unspecified atom stereocenters. The van der Waals surface area contributed by atoms with Crippen molar-refractivity contribution in [1.29, 1.82) is 0 Å². The molecule has 8 nitrogen and oxygen atoms in total. The van der Waals surface area contributed by atoms with E-state index in [0.29, 0.717) is 12.8 Å². The molecule has 0 N–H and O–H groups in total. The molecule has 0 saturated carbocycles. The summed E-state index contributed by atoms with van der Waals surface area (Å²) in [5.41, 5.74) is 0. The van der Waals surface area contributed by atoms with Crippen molar-refractivity contribution in [2.24, 2.45) is 0 Å². The molecule has 0 amide bonds. The minimum absolute atomic E-state index is 0.0285. The van der Waals surface area contributed by atoms with Crippen LogP contribution in [0, 0.1) is 0 Å². The molecule has 8 heteroatoms. The van der Waals surface area contributed by atoms with Gasteiger partial charge in [-0.05, 0) is 32.1 Å². The third-order valence-electron chi connectivity index (χ3n) is 8.82. The number of likely N-dealkylation sites (N-methyl/N-ethyl adjacent to an activating group) is 1. The van der Waals surface area contributed by atoms with Crippen LogP contribution in [-0.4, -0.2) is 75.5 Å². The van der Waals surface area contributed by atoms with E-state index in [1.807, 2.05) is 36.5 Å². The Morgan fingerprint density at radius 3 is 1.63 bits per heavy atom. The Balaban J connectivity index is 4.45. The summed E-state index contributed by atoms with van der Waals surface area (Å²) in [4.78, 5) is 36.7. The van der Waals surface area contributed by atoms with E-state index in [1.54, 1.807) is 21.1 Å². The smallest absolute Gasteiger partial charge is 0.306 e. The van der Waals surface area contributed by atoms with Crippen molar-refractivity contribution in [3.8, 4) is 0 Å². The summed E-state index contributed by atoms with van der Waals surface area (Å²) < 4.78 is 17.1. The molecule has 0 aliphatic carbocycles. The topological polar surface area (TPSA) is 102 Å². The number of ether oxygens (including phenoxy) is 3. The molecule has 0 spiro atoms. The Bertz CT molecular complexity index is 979. The van der Waals surface area contributed by atoms with E-state index in [2.05, 4.69) is 26.0 Å². The standard InChI is InChI=1S/C43H75NO7/c1-6-8-10-12-14-16-18-20-22-24-26-28-30-32-34-42(46)51-39(37-49-36-35-40(43(47)48)44(3,4)5)38-50-41(45)33-31-29-27-25-23-21-19-17-15-13-11-9-7-2/h9,11,13,15,17,19,21,23,39-40H,6-8,10,12,14,16,18,20,22,24-38H2,1-5H3/b11-9+,15-13+,19-17+,23-21+. The summed E-state index contributed by atoms with van der Waals surface area (Å²) in [5, 5.41) is 11.6. The van der Waals surface area contributed by atoms with Gasteiger partial charge in [-0.3, -0.25) is 9.59 Å². The molecule has 0 aliphatic rings. The lowest BCUT2D eigenvalue weighted by Gasteiger charge is -2.34. The first-order chi connectivity index (χ1) is 24.6. The van der Waals surface area contributed by atoms with Crippen molar-refractivity contribution in [3.05, 3.63) is 48.6 Å². The van der Waals surface area contributed by atoms with E-state index in [1.165, 1.54) is 70.6 Å². The lowest BCUT2D eigenvalue weighted by molar-refractivity contribution is -0.889. The number of allylic oxidation sites excluding steroid dienone is 8. The zero-order chi connectivity index (χ0) is 37.8. The summed E-state index contributed by atoms with van der Waals surface area (Å²) in [6.07, 6.45) is 38.5. The maximum absolute atomic E-state index is 12.7. The second kappa shape index (κ2) is 34.4. The minimum atomic E-state index is -1.13. The number of carbonyl (C=O) groups is 3. The molecule has 0 aromatic heterocycles. The highest BCUT2D eigenvalue weighted by Crippen LogP contribution is 2.14. The van der Waals surface area contributed by atoms with Gasteiger partial charge in [0.2, 0.25) is 0 Å². The van der Waals surface area contributed by atoms with Gasteiger partial charge >= 0.3 is 11.9 Å². The van der Waals surface area contributed by atoms with E-state index in [4.69, 9.17) is 14.2 Å². The van der Waals surface area contributed by atoms with Gasteiger partial charge in [0.15, 0.2) is 6.10 Å². The Kier molecular flexibility index (Phi) is 32.6. The van der Waals surface area contributed by atoms with Crippen LogP contribution in [0.25, 0.3) is 0 Å². The van der Waals surface area contributed by atoms with E-state index < -0.39 is 18.1 Å². The van der Waals surface area contributed by atoms with Crippen LogP contribution in [0.2, 0.25) is 0 Å². The van der Waals surface area contributed by atoms with Crippen LogP contribution in [0.3, 0.4) is 0 Å². The van der Waals surface area contributed by atoms with Gasteiger partial charge in [0.25, 0.3) is 0 Å². The number of hydrogen-bond acceptors (Lipinski definition) is 7. The van der Waals surface area contributed by atoms with Gasteiger partial charge in [0.05, 0.1) is 40.3 Å². The first-order valence-corrected chi connectivity index (χ1v) is 20.2. The summed E-state index contributed by atoms with van der Waals surface area (Å²) in [6, 6.07) is -0.730. The van der Waals surface area contributed by atoms with Crippen molar-refractivity contribution in [1.82, 2.24) is 0 Å². The second-order valence-electron chi connectivity index (χ2n) is 14.6. The largest absolute Gasteiger partial charge is 0.544 e. The molecule has 294 valence electrons. The van der Waals surface area contributed by atoms with Gasteiger partial charge in [0.1, 0.15) is 12.6 Å². The fourth-order valence-corrected chi connectivity index (χ4v) is 5.67. The number of esters is 2. The third-order valence-corrected chi connectivity index (χ3v) is 8.82. The van der Waals surface area contributed by atoms with Crippen LogP contribution in [0.4, 0.5) is 0 Å². The number of carboxylic acid groups (broad SMARTS) is 1. The normalized spacial score (nSPS) is 13.5. The molecule has 0 aromatic carbocycles. The van der Waals surface area contributed by atoms with E-state index in [9.17, 15) is 19.5 Å². The number of carbonyl (C=O) groups excluding carboxylic acids is 3. The Morgan fingerprint density at radius 1 is 0.608 bits per heavy atom. The van der Waals surface area contributed by atoms with Gasteiger partial charge < -0.3 is 28.6 Å². The number of hydrogen-bond donors (Lipinski definition) is 0. The number of unbranched alkanes of at least 4 members (excludes halogenated alkanes) is 16. The zero-order valence-corrected chi connectivity index (χ0v) is 33.3. The predicted molar refractivity (Wildman–Crippen MR) is 208 cm³/mol. The summed E-state index contributed by atoms with van der Waals surface area (Å²) in [7, 11) is 5.38. The Morgan fingerprint density at radius 2 is 1.10 bits per heavy atom. The van der Waals surface area contributed by atoms with Crippen molar-refractivity contribution < 1.29 is 38.2 Å². The molecule has 0 aliphatic heterocycles. The van der Waals surface area contributed by atoms with Crippen LogP contribution in [-0.2, 0) is 28.6 Å². The average Bonchev–Trinajstić information content (AvgIpc) is 3.08. The van der Waals surface area contributed by atoms with Crippen LogP contribution in [0.5, 0.6) is 0 Å². The Hall–Kier alpha value is -2.71. The van der Waals surface area contributed by atoms with Crippen LogP contribution < -0.4 is 5.11 Å². The molecule has 0 heterocycles. The fourth-order valence-electron chi connectivity index (χ4n) is 5.67. The average molecular weight is 718 g/mol. The molecule has 0 radical (unpaired) electrons. The maximum Gasteiger partial charge on any atom is 0.306 e. The maximum atomic E-state index is 12.7. The Labute approximate surface area is 312 Å². The zero-order valence-electron chi connectivity index (χ0n) is 33.3. The van der Waals surface area contributed by atoms with Gasteiger partial charge in [-0.2, -0.15) is 0 Å². The highest BCUT2D eigenvalue weighted by atomic mass is 16.6. The minimum Gasteiger partial charge on any atom is -0.544 e. The van der Waals surface area contributed by atoms with Crippen LogP contribution >= 0.6 is 0 Å². The van der Waals surface area contributed by atoms with E-state index in [0.717, 1.165) is 51.4 Å². The summed E-state index contributed by atoms with van der Waals surface area (Å²) in [6.45, 7) is 4.47. The number of quaternary nitrogens is 1. The van der Waals surface area contributed by atoms with Gasteiger partial charge in [-0.15, -0.1) is 0 Å². The van der Waals surface area contributed by atoms with Crippen molar-refractivity contribution in [2.75, 3.05) is 41.0 Å². The molecular formula is C43H75NO7. The third kappa shape index (κ3) is 32.9. The monoisotopic (exact) mass is 718 g/mol. The highest BCUT2D eigenvalue weighted by Gasteiger charge is 2.25. The quantitative estimate of drug-likeness (QED) is 0.0279. The molecule has 2 atom stereocenters. The summed E-state index contributed by atoms with van der Waals surface area (Å²) in [5.74, 6) is -1.79. The van der Waals surface area contributed by atoms with Gasteiger partial charge in [-0.25, -0.2) is 0 Å². The predicted octanol–water partition coefficient (Wildman–Crippen LogP) is 9.13. The van der Waals surface area contributed by atoms with Crippen LogP contribution in [0.15, 0.2) is 48.6 Å². The first kappa shape index (κ1) is 48.3. The molecule has 0 rings (SSSR count). The molecule has 0 fully saturated rings. The number of aliphatic carboxylic acids is 1.